The molecule has 0 fully saturated rings. The number of aliphatic imine (C=N–C) groups is 1. The van der Waals surface area contributed by atoms with Gasteiger partial charge in [-0.3, -0.25) is 4.99 Å². The summed E-state index contributed by atoms with van der Waals surface area (Å²) in [5.74, 6) is 0.613. The summed E-state index contributed by atoms with van der Waals surface area (Å²) in [6.07, 6.45) is 0. The minimum atomic E-state index is -0.214. The topological polar surface area (TPSA) is 15.6 Å². The van der Waals surface area contributed by atoms with E-state index in [1.165, 1.54) is 17.8 Å². The largest absolute Gasteiger partial charge is 0.310 e. The smallest absolute Gasteiger partial charge is 0.147 e. The number of halogens is 1. The number of hydrogen-bond acceptors (Lipinski definition) is 3. The van der Waals surface area contributed by atoms with Crippen LogP contribution in [-0.4, -0.2) is 28.1 Å². The number of amidine groups is 1. The van der Waals surface area contributed by atoms with E-state index in [1.807, 2.05) is 11.0 Å². The molecule has 0 aliphatic carbocycles. The van der Waals surface area contributed by atoms with Crippen molar-refractivity contribution in [3.8, 4) is 0 Å². The zero-order valence-corrected chi connectivity index (χ0v) is 9.37. The van der Waals surface area contributed by atoms with Crippen LogP contribution in [0.5, 0.6) is 0 Å². The van der Waals surface area contributed by atoms with Gasteiger partial charge >= 0.3 is 0 Å². The Morgan fingerprint density at radius 2 is 2.33 bits per heavy atom. The second-order valence-electron chi connectivity index (χ2n) is 3.34. The van der Waals surface area contributed by atoms with Gasteiger partial charge < -0.3 is 4.90 Å². The lowest BCUT2D eigenvalue weighted by Crippen LogP contribution is -2.35. The molecule has 2 aliphatic rings. The lowest BCUT2D eigenvalue weighted by atomic mass is 10.2. The standard InChI is InChI=1S/C10H7FN2S2/c11-7-3-1-2-6-8(7)15-10(14)13-5-4-12-9(6)13/h1-3H,4-5H2. The van der Waals surface area contributed by atoms with E-state index < -0.39 is 0 Å². The van der Waals surface area contributed by atoms with Crippen molar-refractivity contribution in [3.05, 3.63) is 29.6 Å². The van der Waals surface area contributed by atoms with Crippen LogP contribution in [0, 0.1) is 5.82 Å². The fourth-order valence-corrected chi connectivity index (χ4v) is 3.11. The predicted octanol–water partition coefficient (Wildman–Crippen LogP) is 2.28. The summed E-state index contributed by atoms with van der Waals surface area (Å²) in [6.45, 7) is 1.56. The molecule has 0 saturated heterocycles. The quantitative estimate of drug-likeness (QED) is 0.645. The van der Waals surface area contributed by atoms with Crippen molar-refractivity contribution in [2.75, 3.05) is 13.1 Å². The van der Waals surface area contributed by atoms with E-state index in [9.17, 15) is 4.39 Å². The molecule has 15 heavy (non-hydrogen) atoms. The van der Waals surface area contributed by atoms with E-state index in [-0.39, 0.29) is 5.82 Å². The number of hydrogen-bond donors (Lipinski definition) is 0. The molecule has 0 spiro atoms. The maximum Gasteiger partial charge on any atom is 0.147 e. The zero-order valence-electron chi connectivity index (χ0n) is 7.74. The van der Waals surface area contributed by atoms with Crippen LogP contribution in [0.15, 0.2) is 28.1 Å². The first kappa shape index (κ1) is 9.30. The van der Waals surface area contributed by atoms with Crippen LogP contribution in [0.3, 0.4) is 0 Å². The van der Waals surface area contributed by atoms with Gasteiger partial charge in [-0.25, -0.2) is 4.39 Å². The van der Waals surface area contributed by atoms with Crippen molar-refractivity contribution in [3.63, 3.8) is 0 Å². The molecule has 1 aromatic rings. The third-order valence-corrected chi connectivity index (χ3v) is 3.94. The van der Waals surface area contributed by atoms with Gasteiger partial charge in [-0.15, -0.1) is 0 Å². The van der Waals surface area contributed by atoms with Gasteiger partial charge in [0.15, 0.2) is 0 Å². The molecule has 0 bridgehead atoms. The summed E-state index contributed by atoms with van der Waals surface area (Å²) in [6, 6.07) is 5.06. The Morgan fingerprint density at radius 3 is 3.20 bits per heavy atom. The first-order valence-electron chi connectivity index (χ1n) is 4.60. The molecule has 76 valence electrons. The predicted molar refractivity (Wildman–Crippen MR) is 63.0 cm³/mol. The third-order valence-electron chi connectivity index (χ3n) is 2.46. The third kappa shape index (κ3) is 1.30. The van der Waals surface area contributed by atoms with Crippen molar-refractivity contribution in [2.45, 2.75) is 4.90 Å². The summed E-state index contributed by atoms with van der Waals surface area (Å²) in [4.78, 5) is 6.95. The molecular weight excluding hydrogens is 231 g/mol. The van der Waals surface area contributed by atoms with Crippen LogP contribution in [0.4, 0.5) is 4.39 Å². The van der Waals surface area contributed by atoms with Gasteiger partial charge in [-0.2, -0.15) is 0 Å². The van der Waals surface area contributed by atoms with Crippen molar-refractivity contribution in [1.82, 2.24) is 4.90 Å². The van der Waals surface area contributed by atoms with E-state index in [0.29, 0.717) is 9.22 Å². The molecule has 2 aliphatic heterocycles. The molecule has 0 radical (unpaired) electrons. The number of nitrogens with zero attached hydrogens (tertiary/aromatic N) is 2. The van der Waals surface area contributed by atoms with Crippen LogP contribution in [-0.2, 0) is 0 Å². The van der Waals surface area contributed by atoms with E-state index >= 15 is 0 Å². The van der Waals surface area contributed by atoms with Gasteiger partial charge in [0.1, 0.15) is 16.0 Å². The Hall–Kier alpha value is -0.940. The molecule has 0 N–H and O–H groups in total. The lowest BCUT2D eigenvalue weighted by Gasteiger charge is -2.27. The Labute approximate surface area is 96.2 Å². The number of benzene rings is 1. The van der Waals surface area contributed by atoms with E-state index in [4.69, 9.17) is 12.2 Å². The average Bonchev–Trinajstić information content (AvgIpc) is 2.69. The second-order valence-corrected chi connectivity index (χ2v) is 4.99. The minimum absolute atomic E-state index is 0.214. The monoisotopic (exact) mass is 238 g/mol. The first-order chi connectivity index (χ1) is 7.27. The van der Waals surface area contributed by atoms with E-state index in [2.05, 4.69) is 4.99 Å². The Kier molecular flexibility index (Phi) is 2.03. The zero-order chi connectivity index (χ0) is 10.4. The fourth-order valence-electron chi connectivity index (χ4n) is 1.79. The molecule has 0 saturated carbocycles. The van der Waals surface area contributed by atoms with Crippen LogP contribution in [0.2, 0.25) is 0 Å². The fraction of sp³-hybridized carbons (Fsp3) is 0.200. The molecule has 2 nitrogen and oxygen atoms in total. The van der Waals surface area contributed by atoms with Gasteiger partial charge in [0, 0.05) is 12.1 Å². The van der Waals surface area contributed by atoms with Gasteiger partial charge in [0.05, 0.1) is 11.4 Å². The Bertz CT molecular complexity index is 484. The van der Waals surface area contributed by atoms with Crippen LogP contribution in [0.25, 0.3) is 0 Å². The summed E-state index contributed by atoms with van der Waals surface area (Å²) in [5, 5.41) is 0. The molecule has 0 amide bonds. The van der Waals surface area contributed by atoms with Crippen molar-refractivity contribution in [1.29, 1.82) is 0 Å². The van der Waals surface area contributed by atoms with Crippen molar-refractivity contribution in [2.24, 2.45) is 4.99 Å². The molecule has 0 unspecified atom stereocenters. The van der Waals surface area contributed by atoms with Gasteiger partial charge in [-0.1, -0.05) is 30.0 Å². The Morgan fingerprint density at radius 1 is 1.47 bits per heavy atom. The molecule has 1 aromatic carbocycles. The van der Waals surface area contributed by atoms with Crippen LogP contribution in [0.1, 0.15) is 5.56 Å². The Balaban J connectivity index is 2.23. The van der Waals surface area contributed by atoms with E-state index in [0.717, 1.165) is 24.5 Å². The summed E-state index contributed by atoms with van der Waals surface area (Å²) < 4.78 is 14.2. The van der Waals surface area contributed by atoms with Crippen molar-refractivity contribution >= 4 is 34.1 Å². The molecule has 0 aromatic heterocycles. The van der Waals surface area contributed by atoms with Crippen LogP contribution < -0.4 is 0 Å². The number of fused-ring (bicyclic) bond motifs is 3. The molecule has 3 rings (SSSR count). The van der Waals surface area contributed by atoms with Gasteiger partial charge in [0.25, 0.3) is 0 Å². The maximum absolute atomic E-state index is 13.5. The minimum Gasteiger partial charge on any atom is -0.310 e. The van der Waals surface area contributed by atoms with Crippen molar-refractivity contribution < 1.29 is 4.39 Å². The number of thioether (sulfide) groups is 1. The highest BCUT2D eigenvalue weighted by Crippen LogP contribution is 2.35. The van der Waals surface area contributed by atoms with Gasteiger partial charge in [0.2, 0.25) is 0 Å². The molecule has 2 heterocycles. The highest BCUT2D eigenvalue weighted by molar-refractivity contribution is 8.23. The molecular formula is C10H7FN2S2. The molecule has 0 atom stereocenters. The van der Waals surface area contributed by atoms with Crippen LogP contribution >= 0.6 is 24.0 Å². The second kappa shape index (κ2) is 3.28. The summed E-state index contributed by atoms with van der Waals surface area (Å²) in [5.41, 5.74) is 0.867. The number of thiocarbonyl (C=S) groups is 1. The van der Waals surface area contributed by atoms with Gasteiger partial charge in [-0.05, 0) is 12.1 Å². The SMILES string of the molecule is Fc1cccc2c1SC(=S)N1CCN=C21. The highest BCUT2D eigenvalue weighted by Gasteiger charge is 2.31. The number of rotatable bonds is 0. The summed E-state index contributed by atoms with van der Waals surface area (Å²) >= 11 is 6.54. The van der Waals surface area contributed by atoms with E-state index in [1.54, 1.807) is 6.07 Å². The lowest BCUT2D eigenvalue weighted by molar-refractivity contribution is 0.598. The highest BCUT2D eigenvalue weighted by atomic mass is 32.2. The molecule has 5 heteroatoms. The average molecular weight is 238 g/mol. The first-order valence-corrected chi connectivity index (χ1v) is 5.82. The summed E-state index contributed by atoms with van der Waals surface area (Å²) in [7, 11) is 0. The maximum atomic E-state index is 13.5. The normalized spacial score (nSPS) is 18.6.